The molecule has 24 aromatic rings. The first kappa shape index (κ1) is 61.9. The molecule has 0 fully saturated rings. The Balaban J connectivity index is 0.000000146. The van der Waals surface area contributed by atoms with Gasteiger partial charge in [-0.3, -0.25) is 0 Å². The Morgan fingerprint density at radius 3 is 1.10 bits per heavy atom. The van der Waals surface area contributed by atoms with E-state index in [1.165, 1.54) is 127 Å². The lowest BCUT2D eigenvalue weighted by Crippen LogP contribution is -2.26. The van der Waals surface area contributed by atoms with Gasteiger partial charge in [0.15, 0.2) is 0 Å². The molecular weight excluding hydrogens is 1610 g/mol. The number of aromatic nitrogens is 2. The molecule has 0 radical (unpaired) electrons. The maximum atomic E-state index is 9.01. The summed E-state index contributed by atoms with van der Waals surface area (Å²) < 4.78 is 131. The van der Waals surface area contributed by atoms with Crippen molar-refractivity contribution in [2.45, 2.75) is 5.41 Å². The Kier molecular flexibility index (Phi) is 14.1. The summed E-state index contributed by atoms with van der Waals surface area (Å²) >= 11 is 0. The molecule has 0 unspecified atom stereocenters. The molecule has 133 heavy (non-hydrogen) atoms. The number of hydrogen-bond acceptors (Lipinski definition) is 2. The molecule has 0 N–H and O–H groups in total. The van der Waals surface area contributed by atoms with Gasteiger partial charge in [-0.1, -0.05) is 376 Å². The molecule has 0 amide bonds. The summed E-state index contributed by atoms with van der Waals surface area (Å²) in [6, 6.07) is 138. The predicted molar refractivity (Wildman–Crippen MR) is 558 cm³/mol. The SMILES string of the molecule is [2H]c1c([2H])c([2H])c(-c2ccc(N(c3ccc(-c4ccc(-c5ccc6c(c5)c5c(n6-c6c([2H])c([2H])c([2H])c([2H])c6[2H])-c6cccc7cccc-5c67)cc4)cc3)c3ccc(-c4c([2H])c([2H])c([2H])c([2H])c4[2H])cc3)cc2)c([2H])c1[2H].c1ccc(-n2c3c(c4cc(-c5cccc(N(c6ccc7c(c6)C6(c8ccccc8-c8ccccc86)c6ccccc6-7)c6ccc7c(ccc8ccccc87)c6)c5)ccc42)-c2cccc4cccc-3c24)cc1. The fraction of sp³-hybridized carbons (Fsp3) is 0.00775. The minimum atomic E-state index is -0.477. The van der Waals surface area contributed by atoms with Crippen LogP contribution in [-0.2, 0) is 5.41 Å². The van der Waals surface area contributed by atoms with Gasteiger partial charge in [0.1, 0.15) is 0 Å². The summed E-state index contributed by atoms with van der Waals surface area (Å²) in [4.78, 5) is 4.45. The monoisotopic (exact) mass is 1700 g/mol. The topological polar surface area (TPSA) is 16.3 Å². The van der Waals surface area contributed by atoms with Gasteiger partial charge in [0.25, 0.3) is 0 Å². The Morgan fingerprint density at radius 2 is 0.556 bits per heavy atom. The molecule has 0 bridgehead atoms. The highest BCUT2D eigenvalue weighted by molar-refractivity contribution is 6.24. The highest BCUT2D eigenvalue weighted by atomic mass is 15.1. The van der Waals surface area contributed by atoms with Gasteiger partial charge in [0.05, 0.1) is 48.4 Å². The highest BCUT2D eigenvalue weighted by Gasteiger charge is 2.52. The molecule has 618 valence electrons. The second-order valence-corrected chi connectivity index (χ2v) is 34.6. The van der Waals surface area contributed by atoms with E-state index in [2.05, 4.69) is 289 Å². The number of para-hydroxylation sites is 2. The van der Waals surface area contributed by atoms with E-state index in [-0.39, 0.29) is 53.1 Å². The number of anilines is 6. The van der Waals surface area contributed by atoms with Crippen molar-refractivity contribution in [2.75, 3.05) is 9.80 Å². The molecule has 0 saturated carbocycles. The average Bonchev–Trinajstić information content (AvgIpc) is 1.50. The number of rotatable bonds is 13. The molecule has 4 nitrogen and oxygen atoms in total. The number of fused-ring (bicyclic) bond motifs is 23. The van der Waals surface area contributed by atoms with Crippen LogP contribution in [0.15, 0.2) is 497 Å². The Hall–Kier alpha value is -17.4. The van der Waals surface area contributed by atoms with Crippen molar-refractivity contribution in [2.24, 2.45) is 0 Å². The highest BCUT2D eigenvalue weighted by Crippen LogP contribution is 2.64. The molecule has 0 aliphatic heterocycles. The van der Waals surface area contributed by atoms with Crippen LogP contribution in [0.25, 0.3) is 199 Å². The summed E-state index contributed by atoms with van der Waals surface area (Å²) in [5.74, 6) is 0. The molecule has 4 aliphatic carbocycles. The van der Waals surface area contributed by atoms with E-state index in [0.29, 0.717) is 28.0 Å². The number of nitrogens with zero attached hydrogens (tertiary/aromatic N) is 4. The minimum Gasteiger partial charge on any atom is -0.311 e. The van der Waals surface area contributed by atoms with Crippen LogP contribution in [0.2, 0.25) is 0 Å². The van der Waals surface area contributed by atoms with Crippen LogP contribution in [0.4, 0.5) is 34.1 Å². The van der Waals surface area contributed by atoms with Crippen LogP contribution in [-0.4, -0.2) is 9.13 Å². The van der Waals surface area contributed by atoms with Crippen molar-refractivity contribution in [3.05, 3.63) is 519 Å². The molecule has 1 spiro atoms. The largest absolute Gasteiger partial charge is 0.311 e. The van der Waals surface area contributed by atoms with Gasteiger partial charge in [-0.25, -0.2) is 0 Å². The van der Waals surface area contributed by atoms with E-state index in [9.17, 15) is 0 Å². The van der Waals surface area contributed by atoms with E-state index in [0.717, 1.165) is 83.5 Å². The normalized spacial score (nSPS) is 14.0. The molecule has 28 rings (SSSR count). The summed E-state index contributed by atoms with van der Waals surface area (Å²) in [5, 5.41) is 11.8. The third-order valence-corrected chi connectivity index (χ3v) is 27.7. The summed E-state index contributed by atoms with van der Waals surface area (Å²) in [6.07, 6.45) is 0. The fourth-order valence-electron chi connectivity index (χ4n) is 22.0. The quantitative estimate of drug-likeness (QED) is 0.107. The third kappa shape index (κ3) is 11.9. The third-order valence-electron chi connectivity index (χ3n) is 27.7. The van der Waals surface area contributed by atoms with Crippen molar-refractivity contribution in [1.82, 2.24) is 9.13 Å². The first-order chi connectivity index (χ1) is 72.2. The van der Waals surface area contributed by atoms with Crippen LogP contribution in [0, 0.1) is 0 Å². The van der Waals surface area contributed by atoms with Crippen molar-refractivity contribution in [3.8, 4) is 134 Å². The lowest BCUT2D eigenvalue weighted by Gasteiger charge is -2.32. The van der Waals surface area contributed by atoms with Gasteiger partial charge >= 0.3 is 0 Å². The Morgan fingerprint density at radius 1 is 0.195 bits per heavy atom. The molecule has 22 aromatic carbocycles. The van der Waals surface area contributed by atoms with Crippen molar-refractivity contribution >= 4 is 99.0 Å². The molecule has 0 atom stereocenters. The van der Waals surface area contributed by atoms with E-state index >= 15 is 0 Å². The van der Waals surface area contributed by atoms with E-state index in [4.69, 9.17) is 20.6 Å². The fourth-order valence-corrected chi connectivity index (χ4v) is 22.0. The van der Waals surface area contributed by atoms with Crippen molar-refractivity contribution in [3.63, 3.8) is 0 Å². The number of hydrogen-bond donors (Lipinski definition) is 0. The maximum absolute atomic E-state index is 9.01. The van der Waals surface area contributed by atoms with Gasteiger partial charge in [-0.05, 0) is 276 Å². The molecule has 4 heteroatoms. The zero-order valence-corrected chi connectivity index (χ0v) is 71.5. The average molecular weight is 1700 g/mol. The first-order valence-corrected chi connectivity index (χ1v) is 44.8. The standard InChI is InChI=1S/C69H42N2.C60H40N2/c1-2-19-48(20-3-1)71-65-38-33-46(41-60(65)67-58-26-13-16-44-17-14-27-59(66(44)58)68(67)71)45-18-12-21-49(39-45)70(50-34-36-53-47(40-50)32-31-43-15-4-5-22-52(43)53)51-35-37-57-56-25-8-11-30-63(56)69(64(57)42-51)61-28-9-6-23-54(61)55-24-7-10-29-62(55)69;1-4-12-41(13-5-1)44-26-33-51(34-27-44)61(52-35-28-45(29-36-52)42-14-6-2-7-15-42)53-37-30-46(31-38-53)43-22-24-47(25-23-43)49-32-39-57-56(40-49)59-54-20-10-16-48-17-11-21-55(58(48)54)60(59)62(57)50-18-8-3-9-19-50/h1-42H;1-40H/i;1D,2D,3D,4D,5D,6D,7D,8D,9D,12D,13D,14D,15D,18D,19D. The van der Waals surface area contributed by atoms with E-state index in [1.807, 2.05) is 88.3 Å². The van der Waals surface area contributed by atoms with Crippen molar-refractivity contribution < 1.29 is 20.6 Å². The van der Waals surface area contributed by atoms with Gasteiger partial charge in [0, 0.05) is 78.5 Å². The minimum absolute atomic E-state index is 0.0755. The van der Waals surface area contributed by atoms with Gasteiger partial charge in [0.2, 0.25) is 0 Å². The van der Waals surface area contributed by atoms with E-state index < -0.39 is 59.8 Å². The Bertz CT molecular complexity index is 9590. The van der Waals surface area contributed by atoms with Crippen LogP contribution in [0.5, 0.6) is 0 Å². The number of benzene rings is 22. The van der Waals surface area contributed by atoms with Crippen LogP contribution < -0.4 is 9.80 Å². The molecule has 0 saturated heterocycles. The molecular formula is C129H82N4. The van der Waals surface area contributed by atoms with Crippen LogP contribution in [0.1, 0.15) is 42.8 Å². The van der Waals surface area contributed by atoms with E-state index in [1.54, 1.807) is 48.5 Å². The predicted octanol–water partition coefficient (Wildman–Crippen LogP) is 34.8. The summed E-state index contributed by atoms with van der Waals surface area (Å²) in [5.41, 5.74) is 34.6. The lowest BCUT2D eigenvalue weighted by atomic mass is 9.70. The van der Waals surface area contributed by atoms with Gasteiger partial charge < -0.3 is 18.9 Å². The van der Waals surface area contributed by atoms with Crippen molar-refractivity contribution in [1.29, 1.82) is 0 Å². The van der Waals surface area contributed by atoms with Crippen LogP contribution >= 0.6 is 0 Å². The second kappa shape index (κ2) is 30.4. The second-order valence-electron chi connectivity index (χ2n) is 34.6. The molecule has 2 aromatic heterocycles. The zero-order valence-electron chi connectivity index (χ0n) is 86.5. The smallest absolute Gasteiger partial charge is 0.0726 e. The molecule has 4 aliphatic rings. The lowest BCUT2D eigenvalue weighted by molar-refractivity contribution is 0.793. The van der Waals surface area contributed by atoms with Crippen LogP contribution in [0.3, 0.4) is 0 Å². The summed E-state index contributed by atoms with van der Waals surface area (Å²) in [6.45, 7) is 0. The maximum Gasteiger partial charge on any atom is 0.0726 e. The summed E-state index contributed by atoms with van der Waals surface area (Å²) in [7, 11) is 0. The first-order valence-electron chi connectivity index (χ1n) is 52.3. The van der Waals surface area contributed by atoms with Gasteiger partial charge in [-0.15, -0.1) is 0 Å². The zero-order chi connectivity index (χ0) is 100. The van der Waals surface area contributed by atoms with Gasteiger partial charge in [-0.2, -0.15) is 0 Å². The molecule has 2 heterocycles. The Labute approximate surface area is 792 Å².